The lowest BCUT2D eigenvalue weighted by Crippen LogP contribution is -2.40. The molecule has 16 heavy (non-hydrogen) atoms. The Morgan fingerprint density at radius 1 is 1.19 bits per heavy atom. The van der Waals surface area contributed by atoms with Crippen LogP contribution in [-0.2, 0) is 0 Å². The number of rotatable bonds is 2. The van der Waals surface area contributed by atoms with E-state index in [2.05, 4.69) is 39.6 Å². The van der Waals surface area contributed by atoms with E-state index in [1.807, 2.05) is 5.57 Å². The normalized spacial score (nSPS) is 30.4. The van der Waals surface area contributed by atoms with Gasteiger partial charge in [0.25, 0.3) is 0 Å². The van der Waals surface area contributed by atoms with Crippen LogP contribution in [0.2, 0.25) is 24.7 Å². The molecule has 2 aliphatic carbocycles. The summed E-state index contributed by atoms with van der Waals surface area (Å²) in [7, 11) is -1.17. The zero-order valence-electron chi connectivity index (χ0n) is 11.6. The van der Waals surface area contributed by atoms with Crippen LogP contribution in [-0.4, -0.2) is 8.07 Å². The fraction of sp³-hybridized carbons (Fsp3) is 0.733. The highest BCUT2D eigenvalue weighted by molar-refractivity contribution is 6.80. The van der Waals surface area contributed by atoms with Gasteiger partial charge in [-0.25, -0.2) is 0 Å². The van der Waals surface area contributed by atoms with Gasteiger partial charge in [-0.15, -0.1) is 0 Å². The van der Waals surface area contributed by atoms with Crippen molar-refractivity contribution in [2.45, 2.75) is 70.6 Å². The highest BCUT2D eigenvalue weighted by Gasteiger charge is 2.49. The lowest BCUT2D eigenvalue weighted by atomic mass is 9.84. The molecule has 0 saturated heterocycles. The number of allylic oxidation sites excluding steroid dienone is 4. The van der Waals surface area contributed by atoms with Crippen LogP contribution in [0, 0.1) is 0 Å². The van der Waals surface area contributed by atoms with Gasteiger partial charge in [-0.2, -0.15) is 0 Å². The molecule has 0 aliphatic heterocycles. The van der Waals surface area contributed by atoms with E-state index in [1.165, 1.54) is 32.1 Å². The molecule has 0 aromatic carbocycles. The van der Waals surface area contributed by atoms with Crippen LogP contribution in [0.1, 0.15) is 46.0 Å². The second kappa shape index (κ2) is 3.87. The van der Waals surface area contributed by atoms with Crippen molar-refractivity contribution in [2.75, 3.05) is 0 Å². The van der Waals surface area contributed by atoms with Crippen LogP contribution in [0.25, 0.3) is 0 Å². The third-order valence-electron chi connectivity index (χ3n) is 4.90. The van der Waals surface area contributed by atoms with E-state index in [9.17, 15) is 0 Å². The van der Waals surface area contributed by atoms with E-state index < -0.39 is 8.07 Å². The smallest absolute Gasteiger partial charge is 0.0604 e. The van der Waals surface area contributed by atoms with E-state index in [0.717, 1.165) is 0 Å². The van der Waals surface area contributed by atoms with Gasteiger partial charge < -0.3 is 0 Å². The molecule has 2 rings (SSSR count). The Labute approximate surface area is 102 Å². The van der Waals surface area contributed by atoms with Crippen molar-refractivity contribution in [3.63, 3.8) is 0 Å². The van der Waals surface area contributed by atoms with Crippen LogP contribution in [0.4, 0.5) is 0 Å². The van der Waals surface area contributed by atoms with Gasteiger partial charge in [-0.1, -0.05) is 43.8 Å². The maximum Gasteiger partial charge on any atom is 0.0604 e. The third kappa shape index (κ3) is 1.47. The SMILES string of the molecule is CCC1([Si](C)(C)C)C(C)=CC2=C1CCCC2. The summed E-state index contributed by atoms with van der Waals surface area (Å²) < 4.78 is 0. The molecule has 0 nitrogen and oxygen atoms in total. The Bertz CT molecular complexity index is 354. The van der Waals surface area contributed by atoms with Crippen LogP contribution in [0.15, 0.2) is 22.8 Å². The average molecular weight is 234 g/mol. The van der Waals surface area contributed by atoms with E-state index >= 15 is 0 Å². The molecule has 0 N–H and O–H groups in total. The summed E-state index contributed by atoms with van der Waals surface area (Å²) in [5.74, 6) is 0. The van der Waals surface area contributed by atoms with Gasteiger partial charge in [0, 0.05) is 5.04 Å². The standard InChI is InChI=1S/C15H26Si/c1-6-15(16(3,4)5)12(2)11-13-9-7-8-10-14(13)15/h11H,6-10H2,1-5H3. The molecule has 90 valence electrons. The van der Waals surface area contributed by atoms with Gasteiger partial charge in [-0.05, 0) is 44.6 Å². The molecule has 0 heterocycles. The van der Waals surface area contributed by atoms with Crippen LogP contribution < -0.4 is 0 Å². The van der Waals surface area contributed by atoms with Gasteiger partial charge in [0.15, 0.2) is 0 Å². The van der Waals surface area contributed by atoms with Crippen molar-refractivity contribution in [3.05, 3.63) is 22.8 Å². The topological polar surface area (TPSA) is 0 Å². The maximum atomic E-state index is 2.55. The van der Waals surface area contributed by atoms with E-state index in [1.54, 1.807) is 11.1 Å². The summed E-state index contributed by atoms with van der Waals surface area (Å²) in [6.45, 7) is 12.5. The van der Waals surface area contributed by atoms with Crippen LogP contribution in [0.3, 0.4) is 0 Å². The maximum absolute atomic E-state index is 2.55. The Morgan fingerprint density at radius 2 is 1.81 bits per heavy atom. The molecule has 1 unspecified atom stereocenters. The molecule has 0 saturated carbocycles. The molecule has 1 atom stereocenters. The van der Waals surface area contributed by atoms with Crippen molar-refractivity contribution < 1.29 is 0 Å². The van der Waals surface area contributed by atoms with Gasteiger partial charge in [0.05, 0.1) is 8.07 Å². The van der Waals surface area contributed by atoms with Crippen molar-refractivity contribution in [2.24, 2.45) is 0 Å². The lowest BCUT2D eigenvalue weighted by Gasteiger charge is -2.45. The monoisotopic (exact) mass is 234 g/mol. The quantitative estimate of drug-likeness (QED) is 0.568. The molecule has 0 fully saturated rings. The van der Waals surface area contributed by atoms with E-state index in [0.29, 0.717) is 5.04 Å². The predicted octanol–water partition coefficient (Wildman–Crippen LogP) is 5.31. The van der Waals surface area contributed by atoms with Crippen molar-refractivity contribution >= 4 is 8.07 Å². The summed E-state index contributed by atoms with van der Waals surface area (Å²) in [5.41, 5.74) is 5.24. The summed E-state index contributed by atoms with van der Waals surface area (Å²) in [6.07, 6.45) is 9.42. The van der Waals surface area contributed by atoms with Crippen molar-refractivity contribution in [3.8, 4) is 0 Å². The fourth-order valence-corrected chi connectivity index (χ4v) is 7.77. The molecular weight excluding hydrogens is 208 g/mol. The zero-order valence-corrected chi connectivity index (χ0v) is 12.6. The molecule has 0 amide bonds. The Balaban J connectivity index is 2.54. The molecule has 1 heteroatoms. The first-order chi connectivity index (χ1) is 7.43. The predicted molar refractivity (Wildman–Crippen MR) is 75.6 cm³/mol. The van der Waals surface area contributed by atoms with Gasteiger partial charge in [0.1, 0.15) is 0 Å². The second-order valence-electron chi connectivity index (χ2n) is 6.55. The average Bonchev–Trinajstić information content (AvgIpc) is 2.49. The minimum absolute atomic E-state index is 0.503. The summed E-state index contributed by atoms with van der Waals surface area (Å²) in [6, 6.07) is 0. The summed E-state index contributed by atoms with van der Waals surface area (Å²) in [5, 5.41) is 0.503. The Morgan fingerprint density at radius 3 is 2.38 bits per heavy atom. The molecule has 0 radical (unpaired) electrons. The minimum Gasteiger partial charge on any atom is -0.0686 e. The molecular formula is C15H26Si. The summed E-state index contributed by atoms with van der Waals surface area (Å²) in [4.78, 5) is 0. The Hall–Kier alpha value is -0.303. The first-order valence-electron chi connectivity index (χ1n) is 6.85. The molecule has 0 aromatic heterocycles. The molecule has 2 aliphatic rings. The van der Waals surface area contributed by atoms with E-state index in [-0.39, 0.29) is 0 Å². The van der Waals surface area contributed by atoms with Crippen molar-refractivity contribution in [1.29, 1.82) is 0 Å². The lowest BCUT2D eigenvalue weighted by molar-refractivity contribution is 0.598. The van der Waals surface area contributed by atoms with Gasteiger partial charge >= 0.3 is 0 Å². The zero-order chi connectivity index (χ0) is 12.0. The van der Waals surface area contributed by atoms with Gasteiger partial charge in [0.2, 0.25) is 0 Å². The van der Waals surface area contributed by atoms with E-state index in [4.69, 9.17) is 0 Å². The number of hydrogen-bond donors (Lipinski definition) is 0. The first kappa shape index (κ1) is 12.2. The number of hydrogen-bond acceptors (Lipinski definition) is 0. The second-order valence-corrected chi connectivity index (χ2v) is 11.9. The van der Waals surface area contributed by atoms with Crippen LogP contribution in [0.5, 0.6) is 0 Å². The Kier molecular flexibility index (Phi) is 2.94. The fourth-order valence-electron chi connectivity index (χ4n) is 4.26. The minimum atomic E-state index is -1.17. The first-order valence-corrected chi connectivity index (χ1v) is 10.3. The van der Waals surface area contributed by atoms with Crippen molar-refractivity contribution in [1.82, 2.24) is 0 Å². The van der Waals surface area contributed by atoms with Crippen LogP contribution >= 0.6 is 0 Å². The molecule has 0 spiro atoms. The molecule has 0 aromatic rings. The highest BCUT2D eigenvalue weighted by atomic mass is 28.3. The largest absolute Gasteiger partial charge is 0.0686 e. The highest BCUT2D eigenvalue weighted by Crippen LogP contribution is 2.61. The summed E-state index contributed by atoms with van der Waals surface area (Å²) >= 11 is 0. The third-order valence-corrected chi connectivity index (χ3v) is 8.51. The van der Waals surface area contributed by atoms with Gasteiger partial charge in [-0.3, -0.25) is 0 Å². The molecule has 0 bridgehead atoms.